The Morgan fingerprint density at radius 2 is 2.15 bits per heavy atom. The number of imidazole rings is 1. The molecule has 0 bridgehead atoms. The zero-order valence-electron chi connectivity index (χ0n) is 7.04. The zero-order valence-corrected chi connectivity index (χ0v) is 7.04. The van der Waals surface area contributed by atoms with Gasteiger partial charge in [-0.25, -0.2) is 13.8 Å². The number of hydrogen-bond donors (Lipinski definition) is 0. The van der Waals surface area contributed by atoms with E-state index in [9.17, 15) is 8.78 Å². The van der Waals surface area contributed by atoms with Crippen LogP contribution in [0.2, 0.25) is 0 Å². The summed E-state index contributed by atoms with van der Waals surface area (Å²) in [6.45, 7) is 1.71. The summed E-state index contributed by atoms with van der Waals surface area (Å²) in [6, 6.07) is 5.15. The van der Waals surface area contributed by atoms with E-state index in [1.54, 1.807) is 35.7 Å². The van der Waals surface area contributed by atoms with Crippen molar-refractivity contribution >= 4 is 5.52 Å². The van der Waals surface area contributed by atoms with E-state index in [1.807, 2.05) is 0 Å². The molecule has 0 saturated carbocycles. The summed E-state index contributed by atoms with van der Waals surface area (Å²) < 4.78 is 26.5. The van der Waals surface area contributed by atoms with E-state index in [1.165, 1.54) is 0 Å². The van der Waals surface area contributed by atoms with Gasteiger partial charge in [0.25, 0.3) is 6.43 Å². The minimum Gasteiger partial charge on any atom is -0.303 e. The second-order valence-corrected chi connectivity index (χ2v) is 2.80. The third kappa shape index (κ3) is 1.18. The van der Waals surface area contributed by atoms with Crippen LogP contribution in [0.5, 0.6) is 0 Å². The van der Waals surface area contributed by atoms with Gasteiger partial charge in [-0.1, -0.05) is 6.07 Å². The van der Waals surface area contributed by atoms with Gasteiger partial charge in [-0.3, -0.25) is 0 Å². The summed E-state index contributed by atoms with van der Waals surface area (Å²) in [5.41, 5.74) is 0.341. The van der Waals surface area contributed by atoms with Gasteiger partial charge in [0, 0.05) is 6.20 Å². The van der Waals surface area contributed by atoms with Crippen LogP contribution in [0.3, 0.4) is 0 Å². The van der Waals surface area contributed by atoms with Crippen molar-refractivity contribution in [2.75, 3.05) is 0 Å². The van der Waals surface area contributed by atoms with Crippen LogP contribution in [0.25, 0.3) is 5.52 Å². The number of aryl methyl sites for hydroxylation is 1. The first-order chi connectivity index (χ1) is 6.20. The lowest BCUT2D eigenvalue weighted by Crippen LogP contribution is -1.85. The Morgan fingerprint density at radius 1 is 1.38 bits per heavy atom. The van der Waals surface area contributed by atoms with Crippen molar-refractivity contribution in [3.8, 4) is 0 Å². The van der Waals surface area contributed by atoms with Crippen LogP contribution in [-0.4, -0.2) is 9.38 Å². The molecule has 0 saturated heterocycles. The van der Waals surface area contributed by atoms with Crippen LogP contribution in [0.4, 0.5) is 8.78 Å². The van der Waals surface area contributed by atoms with Gasteiger partial charge in [0.2, 0.25) is 0 Å². The molecule has 0 aliphatic heterocycles. The molecule has 4 heteroatoms. The maximum Gasteiger partial charge on any atom is 0.282 e. The monoisotopic (exact) mass is 182 g/mol. The van der Waals surface area contributed by atoms with E-state index in [4.69, 9.17) is 0 Å². The molecule has 0 aromatic carbocycles. The Hall–Kier alpha value is -1.45. The Kier molecular flexibility index (Phi) is 1.76. The number of hydrogen-bond acceptors (Lipinski definition) is 1. The van der Waals surface area contributed by atoms with Gasteiger partial charge >= 0.3 is 0 Å². The Bertz CT molecular complexity index is 434. The van der Waals surface area contributed by atoms with Crippen LogP contribution < -0.4 is 0 Å². The molecule has 0 aliphatic rings. The molecule has 0 amide bonds. The molecule has 0 fully saturated rings. The zero-order chi connectivity index (χ0) is 9.42. The number of alkyl halides is 2. The Balaban J connectivity index is 2.78. The Morgan fingerprint density at radius 3 is 2.85 bits per heavy atom. The summed E-state index contributed by atoms with van der Waals surface area (Å²) in [7, 11) is 0. The quantitative estimate of drug-likeness (QED) is 0.662. The number of rotatable bonds is 1. The summed E-state index contributed by atoms with van der Waals surface area (Å²) in [6.07, 6.45) is -0.783. The van der Waals surface area contributed by atoms with Gasteiger partial charge in [-0.15, -0.1) is 0 Å². The van der Waals surface area contributed by atoms with Crippen LogP contribution >= 0.6 is 0 Å². The molecule has 0 unspecified atom stereocenters. The molecule has 0 atom stereocenters. The van der Waals surface area contributed by atoms with Gasteiger partial charge in [-0.2, -0.15) is 0 Å². The van der Waals surface area contributed by atoms with E-state index in [-0.39, 0.29) is 5.69 Å². The number of nitrogens with zero attached hydrogens (tertiary/aromatic N) is 2. The van der Waals surface area contributed by atoms with Crippen LogP contribution in [0.1, 0.15) is 17.9 Å². The maximum absolute atomic E-state index is 12.4. The lowest BCUT2D eigenvalue weighted by atomic mass is 10.3. The lowest BCUT2D eigenvalue weighted by Gasteiger charge is -1.95. The molecule has 68 valence electrons. The molecule has 2 rings (SSSR count). The van der Waals surface area contributed by atoms with E-state index in [0.29, 0.717) is 11.3 Å². The molecule has 0 spiro atoms. The normalized spacial score (nSPS) is 11.4. The summed E-state index contributed by atoms with van der Waals surface area (Å²) in [4.78, 5) is 3.80. The van der Waals surface area contributed by atoms with E-state index >= 15 is 0 Å². The van der Waals surface area contributed by atoms with Crippen molar-refractivity contribution in [1.82, 2.24) is 9.38 Å². The van der Waals surface area contributed by atoms with Gasteiger partial charge in [0.15, 0.2) is 0 Å². The van der Waals surface area contributed by atoms with E-state index < -0.39 is 6.43 Å². The first kappa shape index (κ1) is 8.16. The average molecular weight is 182 g/mol. The highest BCUT2D eigenvalue weighted by atomic mass is 19.3. The fourth-order valence-corrected chi connectivity index (χ4v) is 1.38. The predicted molar refractivity (Wildman–Crippen MR) is 44.9 cm³/mol. The fourth-order valence-electron chi connectivity index (χ4n) is 1.38. The molecule has 0 radical (unpaired) electrons. The molecule has 2 nitrogen and oxygen atoms in total. The minimum absolute atomic E-state index is 0.141. The van der Waals surface area contributed by atoms with Crippen molar-refractivity contribution in [3.05, 3.63) is 35.9 Å². The first-order valence-electron chi connectivity index (χ1n) is 3.92. The predicted octanol–water partition coefficient (Wildman–Crippen LogP) is 2.58. The van der Waals surface area contributed by atoms with Crippen LogP contribution in [0.15, 0.2) is 24.4 Å². The third-order valence-electron chi connectivity index (χ3n) is 1.96. The highest BCUT2D eigenvalue weighted by Crippen LogP contribution is 2.23. The van der Waals surface area contributed by atoms with Crippen molar-refractivity contribution in [1.29, 1.82) is 0 Å². The molecule has 2 heterocycles. The van der Waals surface area contributed by atoms with Crippen molar-refractivity contribution < 1.29 is 8.78 Å². The average Bonchev–Trinajstić information content (AvgIpc) is 2.45. The molecule has 13 heavy (non-hydrogen) atoms. The number of aromatic nitrogens is 2. The molecule has 0 aliphatic carbocycles. The third-order valence-corrected chi connectivity index (χ3v) is 1.96. The SMILES string of the molecule is Cc1nc(C(F)F)c2ccccn12. The largest absolute Gasteiger partial charge is 0.303 e. The standard InChI is InChI=1S/C9H8F2N2/c1-6-12-8(9(10)11)7-4-2-3-5-13(6)7/h2-5,9H,1H3. The van der Waals surface area contributed by atoms with Gasteiger partial charge < -0.3 is 4.40 Å². The van der Waals surface area contributed by atoms with Crippen LogP contribution in [-0.2, 0) is 0 Å². The summed E-state index contributed by atoms with van der Waals surface area (Å²) >= 11 is 0. The molecule has 2 aromatic heterocycles. The second-order valence-electron chi connectivity index (χ2n) is 2.80. The first-order valence-corrected chi connectivity index (χ1v) is 3.92. The smallest absolute Gasteiger partial charge is 0.282 e. The Labute approximate surface area is 73.8 Å². The molecular formula is C9H8F2N2. The molecular weight excluding hydrogens is 174 g/mol. The van der Waals surface area contributed by atoms with Gasteiger partial charge in [-0.05, 0) is 19.1 Å². The fraction of sp³-hybridized carbons (Fsp3) is 0.222. The summed E-state index contributed by atoms with van der Waals surface area (Å²) in [5, 5.41) is 0. The van der Waals surface area contributed by atoms with Crippen molar-refractivity contribution in [2.24, 2.45) is 0 Å². The van der Waals surface area contributed by atoms with Gasteiger partial charge in [0.1, 0.15) is 11.5 Å². The minimum atomic E-state index is -2.51. The van der Waals surface area contributed by atoms with E-state index in [0.717, 1.165) is 0 Å². The molecule has 2 aromatic rings. The number of fused-ring (bicyclic) bond motifs is 1. The summed E-state index contributed by atoms with van der Waals surface area (Å²) in [5.74, 6) is 0.589. The topological polar surface area (TPSA) is 17.3 Å². The second kappa shape index (κ2) is 2.80. The number of halogens is 2. The van der Waals surface area contributed by atoms with Crippen LogP contribution in [0, 0.1) is 6.92 Å². The maximum atomic E-state index is 12.4. The molecule has 0 N–H and O–H groups in total. The highest BCUT2D eigenvalue weighted by molar-refractivity contribution is 5.53. The highest BCUT2D eigenvalue weighted by Gasteiger charge is 2.15. The van der Waals surface area contributed by atoms with Crippen molar-refractivity contribution in [2.45, 2.75) is 13.3 Å². The van der Waals surface area contributed by atoms with Gasteiger partial charge in [0.05, 0.1) is 5.52 Å². The lowest BCUT2D eigenvalue weighted by molar-refractivity contribution is 0.148. The number of pyridine rings is 1. The van der Waals surface area contributed by atoms with E-state index in [2.05, 4.69) is 4.98 Å². The van der Waals surface area contributed by atoms with Crippen molar-refractivity contribution in [3.63, 3.8) is 0 Å².